The van der Waals surface area contributed by atoms with Gasteiger partial charge in [-0.1, -0.05) is 13.8 Å². The van der Waals surface area contributed by atoms with Gasteiger partial charge in [-0.05, 0) is 12.0 Å². The summed E-state index contributed by atoms with van der Waals surface area (Å²) in [4.78, 5) is 0. The lowest BCUT2D eigenvalue weighted by Crippen LogP contribution is -3.00. The number of halogens is 1. The Morgan fingerprint density at radius 3 is 2.40 bits per heavy atom. The molecule has 0 saturated carbocycles. The summed E-state index contributed by atoms with van der Waals surface area (Å²) in [7, 11) is 1.75. The molecular weight excluding hydrogens is 210 g/mol. The zero-order valence-electron chi connectivity index (χ0n) is 9.74. The topological polar surface area (TPSA) is 13.1 Å². The third-order valence-corrected chi connectivity index (χ3v) is 2.34. The van der Waals surface area contributed by atoms with Crippen LogP contribution in [-0.2, 0) is 17.7 Å². The molecule has 0 aliphatic rings. The largest absolute Gasteiger partial charge is 1.00 e. The van der Waals surface area contributed by atoms with Gasteiger partial charge in [0.05, 0.1) is 6.61 Å². The Bertz CT molecular complexity index is 261. The van der Waals surface area contributed by atoms with Gasteiger partial charge in [-0.25, -0.2) is 4.57 Å². The summed E-state index contributed by atoms with van der Waals surface area (Å²) in [6, 6.07) is 4.36. The zero-order chi connectivity index (χ0) is 10.4. The number of nitrogens with zero attached hydrogens (tertiary/aromatic N) is 1. The van der Waals surface area contributed by atoms with Gasteiger partial charge < -0.3 is 17.1 Å². The van der Waals surface area contributed by atoms with Crippen LogP contribution in [0, 0.1) is 5.92 Å². The molecule has 0 fully saturated rings. The molecule has 1 atom stereocenters. The van der Waals surface area contributed by atoms with Crippen molar-refractivity contribution in [3.8, 4) is 0 Å². The van der Waals surface area contributed by atoms with Crippen LogP contribution in [0.3, 0.4) is 0 Å². The second-order valence-corrected chi connectivity index (χ2v) is 3.82. The summed E-state index contributed by atoms with van der Waals surface area (Å²) in [5.74, 6) is 0.567. The summed E-state index contributed by atoms with van der Waals surface area (Å²) in [6.45, 7) is 6.22. The van der Waals surface area contributed by atoms with Gasteiger partial charge in [-0.3, -0.25) is 0 Å². The van der Waals surface area contributed by atoms with E-state index in [1.807, 2.05) is 0 Å². The van der Waals surface area contributed by atoms with Crippen molar-refractivity contribution in [2.45, 2.75) is 26.8 Å². The Labute approximate surface area is 98.7 Å². The van der Waals surface area contributed by atoms with Crippen LogP contribution in [0.2, 0.25) is 0 Å². The molecule has 0 aliphatic carbocycles. The Morgan fingerprint density at radius 1 is 1.33 bits per heavy atom. The standard InChI is InChI=1S/C12H20NO.ClH/c1-4-12-5-7-13(8-6-12)9-11(2)10-14-3;/h5-8,11H,4,9-10H2,1-3H3;1H/q+1;/p-1. The van der Waals surface area contributed by atoms with E-state index in [4.69, 9.17) is 4.74 Å². The molecule has 0 spiro atoms. The van der Waals surface area contributed by atoms with Crippen molar-refractivity contribution in [2.24, 2.45) is 5.92 Å². The summed E-state index contributed by atoms with van der Waals surface area (Å²) in [5, 5.41) is 0. The van der Waals surface area contributed by atoms with Crippen molar-refractivity contribution in [2.75, 3.05) is 13.7 Å². The summed E-state index contributed by atoms with van der Waals surface area (Å²) < 4.78 is 7.32. The highest BCUT2D eigenvalue weighted by atomic mass is 35.5. The van der Waals surface area contributed by atoms with Gasteiger partial charge in [0.2, 0.25) is 0 Å². The second kappa shape index (κ2) is 7.66. The van der Waals surface area contributed by atoms with E-state index >= 15 is 0 Å². The lowest BCUT2D eigenvalue weighted by Gasteiger charge is -2.06. The van der Waals surface area contributed by atoms with E-state index in [1.165, 1.54) is 5.56 Å². The molecule has 1 unspecified atom stereocenters. The van der Waals surface area contributed by atoms with Gasteiger partial charge in [0.1, 0.15) is 0 Å². The minimum atomic E-state index is 0. The highest BCUT2D eigenvalue weighted by molar-refractivity contribution is 5.06. The van der Waals surface area contributed by atoms with Crippen LogP contribution >= 0.6 is 0 Å². The molecule has 0 saturated heterocycles. The van der Waals surface area contributed by atoms with Crippen LogP contribution in [0.15, 0.2) is 24.5 Å². The number of aryl methyl sites for hydroxylation is 1. The Balaban J connectivity index is 0.00000196. The molecule has 0 radical (unpaired) electrons. The first-order valence-corrected chi connectivity index (χ1v) is 5.23. The number of hydrogen-bond donors (Lipinski definition) is 0. The maximum absolute atomic E-state index is 5.11. The van der Waals surface area contributed by atoms with Gasteiger partial charge in [0, 0.05) is 25.2 Å². The second-order valence-electron chi connectivity index (χ2n) is 3.82. The Hall–Kier alpha value is -0.600. The van der Waals surface area contributed by atoms with Crippen molar-refractivity contribution in [1.82, 2.24) is 0 Å². The van der Waals surface area contributed by atoms with Crippen LogP contribution in [0.1, 0.15) is 19.4 Å². The molecule has 1 rings (SSSR count). The van der Waals surface area contributed by atoms with Crippen LogP contribution < -0.4 is 17.0 Å². The van der Waals surface area contributed by atoms with Crippen molar-refractivity contribution < 1.29 is 21.7 Å². The smallest absolute Gasteiger partial charge is 0.169 e. The van der Waals surface area contributed by atoms with Gasteiger partial charge >= 0.3 is 0 Å². The first kappa shape index (κ1) is 14.4. The molecule has 86 valence electrons. The van der Waals surface area contributed by atoms with E-state index in [9.17, 15) is 0 Å². The van der Waals surface area contributed by atoms with E-state index in [0.29, 0.717) is 5.92 Å². The fourth-order valence-corrected chi connectivity index (χ4v) is 1.54. The minimum absolute atomic E-state index is 0. The fraction of sp³-hybridized carbons (Fsp3) is 0.583. The summed E-state index contributed by atoms with van der Waals surface area (Å²) in [6.07, 6.45) is 5.39. The van der Waals surface area contributed by atoms with E-state index in [1.54, 1.807) is 7.11 Å². The molecule has 15 heavy (non-hydrogen) atoms. The molecule has 0 bridgehead atoms. The number of ether oxygens (including phenoxy) is 1. The van der Waals surface area contributed by atoms with Gasteiger partial charge in [-0.15, -0.1) is 0 Å². The summed E-state index contributed by atoms with van der Waals surface area (Å²) in [5.41, 5.74) is 1.39. The van der Waals surface area contributed by atoms with E-state index in [2.05, 4.69) is 42.9 Å². The maximum atomic E-state index is 5.11. The van der Waals surface area contributed by atoms with Gasteiger partial charge in [0.25, 0.3) is 0 Å². The van der Waals surface area contributed by atoms with Crippen molar-refractivity contribution >= 4 is 0 Å². The Kier molecular flexibility index (Phi) is 7.35. The Morgan fingerprint density at radius 2 is 1.93 bits per heavy atom. The number of aromatic nitrogens is 1. The fourth-order valence-electron chi connectivity index (χ4n) is 1.54. The van der Waals surface area contributed by atoms with Crippen LogP contribution in [0.5, 0.6) is 0 Å². The lowest BCUT2D eigenvalue weighted by molar-refractivity contribution is -0.703. The quantitative estimate of drug-likeness (QED) is 0.580. The molecule has 0 aromatic carbocycles. The zero-order valence-corrected chi connectivity index (χ0v) is 10.5. The van der Waals surface area contributed by atoms with Crippen LogP contribution in [0.25, 0.3) is 0 Å². The summed E-state index contributed by atoms with van der Waals surface area (Å²) >= 11 is 0. The first-order valence-electron chi connectivity index (χ1n) is 5.23. The number of pyridine rings is 1. The predicted octanol–water partition coefficient (Wildman–Crippen LogP) is -1.18. The monoisotopic (exact) mass is 229 g/mol. The third kappa shape index (κ3) is 5.14. The molecule has 1 aromatic rings. The van der Waals surface area contributed by atoms with Crippen molar-refractivity contribution in [3.63, 3.8) is 0 Å². The van der Waals surface area contributed by atoms with Gasteiger partial charge in [0.15, 0.2) is 18.9 Å². The number of rotatable bonds is 5. The third-order valence-electron chi connectivity index (χ3n) is 2.34. The molecule has 1 heterocycles. The highest BCUT2D eigenvalue weighted by Gasteiger charge is 2.07. The first-order chi connectivity index (χ1) is 6.76. The molecule has 1 aromatic heterocycles. The molecule has 0 amide bonds. The molecular formula is C12H20ClNO. The lowest BCUT2D eigenvalue weighted by atomic mass is 10.2. The molecule has 2 nitrogen and oxygen atoms in total. The average Bonchev–Trinajstić information content (AvgIpc) is 2.19. The SMILES string of the molecule is CCc1cc[n+](CC(C)COC)cc1.[Cl-]. The van der Waals surface area contributed by atoms with Crippen LogP contribution in [-0.4, -0.2) is 13.7 Å². The predicted molar refractivity (Wildman–Crippen MR) is 57.1 cm³/mol. The molecule has 0 N–H and O–H groups in total. The average molecular weight is 230 g/mol. The minimum Gasteiger partial charge on any atom is -1.00 e. The van der Waals surface area contributed by atoms with Crippen molar-refractivity contribution in [1.29, 1.82) is 0 Å². The van der Waals surface area contributed by atoms with Crippen LogP contribution in [0.4, 0.5) is 0 Å². The molecule has 0 aliphatic heterocycles. The van der Waals surface area contributed by atoms with E-state index in [0.717, 1.165) is 19.6 Å². The normalized spacial score (nSPS) is 11.9. The van der Waals surface area contributed by atoms with E-state index < -0.39 is 0 Å². The molecule has 3 heteroatoms. The van der Waals surface area contributed by atoms with Gasteiger partial charge in [-0.2, -0.15) is 0 Å². The number of hydrogen-bond acceptors (Lipinski definition) is 1. The van der Waals surface area contributed by atoms with Crippen molar-refractivity contribution in [3.05, 3.63) is 30.1 Å². The maximum Gasteiger partial charge on any atom is 0.169 e. The highest BCUT2D eigenvalue weighted by Crippen LogP contribution is 1.98. The number of methoxy groups -OCH3 is 1. The van der Waals surface area contributed by atoms with E-state index in [-0.39, 0.29) is 12.4 Å².